The topological polar surface area (TPSA) is 99.5 Å². The highest BCUT2D eigenvalue weighted by Gasteiger charge is 2.88. The van der Waals surface area contributed by atoms with E-state index >= 15 is 0 Å². The molecule has 0 aromatic carbocycles. The molecule has 3 aliphatic heterocycles. The van der Waals surface area contributed by atoms with Crippen molar-refractivity contribution in [1.29, 1.82) is 0 Å². The number of aliphatic hydroxyl groups is 2. The lowest BCUT2D eigenvalue weighted by atomic mass is 9.74. The van der Waals surface area contributed by atoms with Crippen LogP contribution < -0.4 is 0 Å². The average Bonchev–Trinajstić information content (AvgIpc) is 2.54. The quantitative estimate of drug-likeness (QED) is 0.486. The molecule has 2 N–H and O–H groups in total. The van der Waals surface area contributed by atoms with Gasteiger partial charge < -0.3 is 29.5 Å². The van der Waals surface area contributed by atoms with Crippen LogP contribution in [0.1, 0.15) is 41.5 Å². The Bertz CT molecular complexity index is 808. The summed E-state index contributed by atoms with van der Waals surface area (Å²) < 4.78 is 94.1. The molecule has 8 nitrogen and oxygen atoms in total. The normalized spacial score (nSPS) is 31.4. The van der Waals surface area contributed by atoms with Crippen LogP contribution in [0.5, 0.6) is 0 Å². The summed E-state index contributed by atoms with van der Waals surface area (Å²) in [5.41, 5.74) is -8.49. The van der Waals surface area contributed by atoms with Gasteiger partial charge in [0.25, 0.3) is 11.6 Å². The van der Waals surface area contributed by atoms with Crippen molar-refractivity contribution in [3.63, 3.8) is 0 Å². The minimum Gasteiger partial charge on any atom is -0.356 e. The van der Waals surface area contributed by atoms with Crippen LogP contribution >= 0.6 is 0 Å². The monoisotopic (exact) mass is 506 g/mol. The molecule has 0 bridgehead atoms. The lowest BCUT2D eigenvalue weighted by molar-refractivity contribution is -0.582. The zero-order chi connectivity index (χ0) is 26.6. The molecule has 0 aromatic rings. The smallest absolute Gasteiger partial charge is 0.356 e. The maximum Gasteiger partial charge on any atom is 0.446 e. The lowest BCUT2D eigenvalue weighted by Gasteiger charge is -2.69. The standard InChI is InChI=1S/C20H28F6N2O6/c1-13(2,3)11(29)27-7-15(8-27)17(31,19(21,22)23)34-16(18(32,33-15)20(24,25)26)9-28(10-16)12(30)14(4,5)6/h31-32H,7-10H2,1-6H3/t17-,18+. The number of likely N-dealkylation sites (tertiary alicyclic amines) is 2. The summed E-state index contributed by atoms with van der Waals surface area (Å²) in [7, 11) is 0. The van der Waals surface area contributed by atoms with Gasteiger partial charge in [-0.15, -0.1) is 0 Å². The largest absolute Gasteiger partial charge is 0.446 e. The summed E-state index contributed by atoms with van der Waals surface area (Å²) in [5, 5.41) is 21.3. The van der Waals surface area contributed by atoms with Crippen LogP contribution in [0.2, 0.25) is 0 Å². The summed E-state index contributed by atoms with van der Waals surface area (Å²) in [6.45, 7) is 4.24. The Morgan fingerprint density at radius 2 is 0.882 bits per heavy atom. The molecule has 0 unspecified atom stereocenters. The number of carbonyl (C=O) groups is 2. The van der Waals surface area contributed by atoms with Crippen LogP contribution in [0.25, 0.3) is 0 Å². The molecule has 3 rings (SSSR count). The zero-order valence-electron chi connectivity index (χ0n) is 19.5. The van der Waals surface area contributed by atoms with Crippen LogP contribution in [0.15, 0.2) is 0 Å². The van der Waals surface area contributed by atoms with E-state index < -0.39 is 84.0 Å². The Balaban J connectivity index is 2.04. The van der Waals surface area contributed by atoms with E-state index in [4.69, 9.17) is 9.47 Å². The molecule has 3 fully saturated rings. The Morgan fingerprint density at radius 1 is 0.647 bits per heavy atom. The van der Waals surface area contributed by atoms with Crippen molar-refractivity contribution in [3.8, 4) is 0 Å². The third-order valence-corrected chi connectivity index (χ3v) is 6.33. The first kappa shape index (κ1) is 27.0. The molecule has 0 aliphatic carbocycles. The highest BCUT2D eigenvalue weighted by Crippen LogP contribution is 2.61. The third-order valence-electron chi connectivity index (χ3n) is 6.33. The van der Waals surface area contributed by atoms with E-state index in [2.05, 4.69) is 0 Å². The molecule has 0 aromatic heterocycles. The van der Waals surface area contributed by atoms with Gasteiger partial charge in [0.15, 0.2) is 11.2 Å². The van der Waals surface area contributed by atoms with E-state index in [0.717, 1.165) is 9.80 Å². The molecule has 2 spiro atoms. The molecule has 196 valence electrons. The van der Waals surface area contributed by atoms with Gasteiger partial charge in [0.2, 0.25) is 11.8 Å². The predicted molar refractivity (Wildman–Crippen MR) is 102 cm³/mol. The molecule has 3 saturated heterocycles. The first-order valence-corrected chi connectivity index (χ1v) is 10.4. The second-order valence-corrected chi connectivity index (χ2v) is 11.3. The first-order chi connectivity index (χ1) is 14.9. The number of rotatable bonds is 0. The van der Waals surface area contributed by atoms with Crippen LogP contribution in [0.4, 0.5) is 26.3 Å². The fourth-order valence-electron chi connectivity index (χ4n) is 4.46. The summed E-state index contributed by atoms with van der Waals surface area (Å²) in [4.78, 5) is 26.4. The SMILES string of the molecule is CC(C)(C)C(=O)N1CC2(C1)O[C@](O)(C(F)(F)F)C1(CN(C(=O)C(C)(C)C)C1)O[C@@]2(O)C(F)(F)F. The van der Waals surface area contributed by atoms with Crippen LogP contribution in [-0.4, -0.2) is 93.1 Å². The molecule has 3 aliphatic rings. The molecular formula is C20H28F6N2O6. The van der Waals surface area contributed by atoms with Crippen LogP contribution in [-0.2, 0) is 19.1 Å². The van der Waals surface area contributed by atoms with Gasteiger partial charge in [-0.25, -0.2) is 0 Å². The van der Waals surface area contributed by atoms with Crippen molar-refractivity contribution < 1.29 is 55.6 Å². The number of carbonyl (C=O) groups excluding carboxylic acids is 2. The number of nitrogens with zero attached hydrogens (tertiary/aromatic N) is 2. The van der Waals surface area contributed by atoms with Gasteiger partial charge in [-0.3, -0.25) is 9.59 Å². The molecule has 34 heavy (non-hydrogen) atoms. The third kappa shape index (κ3) is 3.51. The molecule has 0 radical (unpaired) electrons. The molecule has 2 atom stereocenters. The van der Waals surface area contributed by atoms with Gasteiger partial charge in [-0.05, 0) is 0 Å². The van der Waals surface area contributed by atoms with E-state index in [-0.39, 0.29) is 0 Å². The van der Waals surface area contributed by atoms with E-state index in [9.17, 15) is 46.1 Å². The first-order valence-electron chi connectivity index (χ1n) is 10.4. The van der Waals surface area contributed by atoms with Crippen molar-refractivity contribution >= 4 is 11.8 Å². The number of halogens is 6. The van der Waals surface area contributed by atoms with Crippen LogP contribution in [0, 0.1) is 10.8 Å². The number of alkyl halides is 6. The average molecular weight is 506 g/mol. The van der Waals surface area contributed by atoms with Crippen molar-refractivity contribution in [3.05, 3.63) is 0 Å². The second kappa shape index (κ2) is 6.98. The Labute approximate surface area is 191 Å². The summed E-state index contributed by atoms with van der Waals surface area (Å²) in [6, 6.07) is 0. The van der Waals surface area contributed by atoms with Crippen LogP contribution in [0.3, 0.4) is 0 Å². The fourth-order valence-corrected chi connectivity index (χ4v) is 4.46. The highest BCUT2D eigenvalue weighted by molar-refractivity contribution is 5.83. The number of ether oxygens (including phenoxy) is 2. The highest BCUT2D eigenvalue weighted by atomic mass is 19.4. The minimum atomic E-state index is -5.67. The Kier molecular flexibility index (Phi) is 5.53. The van der Waals surface area contributed by atoms with E-state index in [1.807, 2.05) is 0 Å². The van der Waals surface area contributed by atoms with Crippen molar-refractivity contribution in [1.82, 2.24) is 9.80 Å². The number of amides is 2. The molecule has 2 amide bonds. The minimum absolute atomic E-state index is 0.701. The Morgan fingerprint density at radius 3 is 1.06 bits per heavy atom. The second-order valence-electron chi connectivity index (χ2n) is 11.3. The van der Waals surface area contributed by atoms with Crippen molar-refractivity contribution in [2.75, 3.05) is 26.2 Å². The van der Waals surface area contributed by atoms with Gasteiger partial charge in [-0.2, -0.15) is 26.3 Å². The van der Waals surface area contributed by atoms with E-state index in [1.54, 1.807) is 0 Å². The predicted octanol–water partition coefficient (Wildman–Crippen LogP) is 1.79. The van der Waals surface area contributed by atoms with Gasteiger partial charge >= 0.3 is 12.4 Å². The van der Waals surface area contributed by atoms with Gasteiger partial charge in [0.05, 0.1) is 26.2 Å². The van der Waals surface area contributed by atoms with Gasteiger partial charge in [0.1, 0.15) is 0 Å². The van der Waals surface area contributed by atoms with E-state index in [0.29, 0.717) is 0 Å². The maximum absolute atomic E-state index is 14.1. The molecule has 14 heteroatoms. The Hall–Kier alpha value is -1.64. The van der Waals surface area contributed by atoms with Gasteiger partial charge in [-0.1, -0.05) is 41.5 Å². The van der Waals surface area contributed by atoms with Gasteiger partial charge in [0, 0.05) is 10.8 Å². The fraction of sp³-hybridized carbons (Fsp3) is 0.900. The zero-order valence-corrected chi connectivity index (χ0v) is 19.5. The number of hydrogen-bond donors (Lipinski definition) is 2. The molecular weight excluding hydrogens is 478 g/mol. The van der Waals surface area contributed by atoms with E-state index in [1.165, 1.54) is 41.5 Å². The molecule has 0 saturated carbocycles. The van der Waals surface area contributed by atoms with Crippen molar-refractivity contribution in [2.24, 2.45) is 10.8 Å². The summed E-state index contributed by atoms with van der Waals surface area (Å²) in [5.74, 6) is -10.0. The number of hydrogen-bond acceptors (Lipinski definition) is 6. The summed E-state index contributed by atoms with van der Waals surface area (Å²) >= 11 is 0. The maximum atomic E-state index is 14.1. The molecule has 3 heterocycles. The lowest BCUT2D eigenvalue weighted by Crippen LogP contribution is -2.93. The van der Waals surface area contributed by atoms with Crippen molar-refractivity contribution in [2.45, 2.75) is 76.7 Å². The summed E-state index contributed by atoms with van der Waals surface area (Å²) in [6.07, 6.45) is -11.3.